The number of aromatic hydroxyl groups is 1. The number of fused-ring (bicyclic) bond motifs is 1. The number of benzene rings is 2. The van der Waals surface area contributed by atoms with Gasteiger partial charge in [-0.05, 0) is 24.3 Å². The number of halogens is 1. The first-order valence-electron chi connectivity index (χ1n) is 6.58. The SMILES string of the molecule is NC(=O)c1cccc(NC2=NS(=O)(=O)c3cc(Cl)cc(O)c3N2)c1. The van der Waals surface area contributed by atoms with Crippen LogP contribution >= 0.6 is 11.6 Å². The average Bonchev–Trinajstić information content (AvgIpc) is 2.48. The number of amides is 1. The van der Waals surface area contributed by atoms with Crippen LogP contribution in [0.3, 0.4) is 0 Å². The molecule has 3 rings (SSSR count). The molecule has 0 saturated heterocycles. The van der Waals surface area contributed by atoms with Gasteiger partial charge < -0.3 is 21.5 Å². The Morgan fingerprint density at radius 1 is 1.29 bits per heavy atom. The van der Waals surface area contributed by atoms with Gasteiger partial charge >= 0.3 is 0 Å². The lowest BCUT2D eigenvalue weighted by Gasteiger charge is -2.20. The van der Waals surface area contributed by atoms with Crippen LogP contribution < -0.4 is 16.4 Å². The van der Waals surface area contributed by atoms with Gasteiger partial charge in [0, 0.05) is 22.3 Å². The second kappa shape index (κ2) is 5.69. The van der Waals surface area contributed by atoms with Gasteiger partial charge in [0.1, 0.15) is 16.3 Å². The summed E-state index contributed by atoms with van der Waals surface area (Å²) in [6, 6.07) is 8.53. The van der Waals surface area contributed by atoms with Crippen molar-refractivity contribution in [1.29, 1.82) is 0 Å². The molecule has 2 aromatic carbocycles. The third kappa shape index (κ3) is 2.99. The topological polar surface area (TPSA) is 134 Å². The highest BCUT2D eigenvalue weighted by Crippen LogP contribution is 2.37. The largest absolute Gasteiger partial charge is 0.506 e. The number of hydrogen-bond acceptors (Lipinski definition) is 6. The molecule has 0 saturated carbocycles. The summed E-state index contributed by atoms with van der Waals surface area (Å²) in [5.41, 5.74) is 5.80. The van der Waals surface area contributed by atoms with E-state index in [0.717, 1.165) is 0 Å². The summed E-state index contributed by atoms with van der Waals surface area (Å²) in [7, 11) is -4.06. The number of phenolic OH excluding ortho intramolecular Hbond substituents is 1. The molecule has 0 aliphatic carbocycles. The summed E-state index contributed by atoms with van der Waals surface area (Å²) in [5.74, 6) is -1.09. The highest BCUT2D eigenvalue weighted by Gasteiger charge is 2.28. The molecule has 0 unspecified atom stereocenters. The lowest BCUT2D eigenvalue weighted by Crippen LogP contribution is -2.28. The van der Waals surface area contributed by atoms with Crippen molar-refractivity contribution in [3.63, 3.8) is 0 Å². The molecule has 5 N–H and O–H groups in total. The predicted molar refractivity (Wildman–Crippen MR) is 89.9 cm³/mol. The van der Waals surface area contributed by atoms with Crippen LogP contribution in [0.1, 0.15) is 10.4 Å². The number of anilines is 2. The van der Waals surface area contributed by atoms with Crippen molar-refractivity contribution in [2.24, 2.45) is 10.1 Å². The van der Waals surface area contributed by atoms with Crippen LogP contribution in [0.15, 0.2) is 45.7 Å². The van der Waals surface area contributed by atoms with E-state index in [1.165, 1.54) is 24.3 Å². The molecule has 1 amide bonds. The molecular weight excluding hydrogens is 356 g/mol. The number of primary amides is 1. The molecule has 0 aromatic heterocycles. The first-order valence-corrected chi connectivity index (χ1v) is 8.39. The Hall–Kier alpha value is -2.78. The van der Waals surface area contributed by atoms with Gasteiger partial charge in [-0.1, -0.05) is 17.7 Å². The highest BCUT2D eigenvalue weighted by molar-refractivity contribution is 7.90. The number of nitrogens with zero attached hydrogens (tertiary/aromatic N) is 1. The summed E-state index contributed by atoms with van der Waals surface area (Å²) in [6.07, 6.45) is 0. The van der Waals surface area contributed by atoms with Crippen LogP contribution in [0.4, 0.5) is 11.4 Å². The van der Waals surface area contributed by atoms with E-state index in [1.54, 1.807) is 12.1 Å². The fourth-order valence-electron chi connectivity index (χ4n) is 2.15. The van der Waals surface area contributed by atoms with Gasteiger partial charge in [0.25, 0.3) is 10.0 Å². The Balaban J connectivity index is 1.99. The Bertz CT molecular complexity index is 988. The number of carbonyl (C=O) groups excluding carboxylic acids is 1. The number of nitrogens with one attached hydrogen (secondary N) is 2. The first kappa shape index (κ1) is 16.1. The molecule has 0 fully saturated rings. The maximum atomic E-state index is 12.2. The zero-order valence-corrected chi connectivity index (χ0v) is 13.5. The number of hydrogen-bond donors (Lipinski definition) is 4. The van der Waals surface area contributed by atoms with Crippen LogP contribution in [0.25, 0.3) is 0 Å². The fourth-order valence-corrected chi connectivity index (χ4v) is 3.55. The molecule has 1 aliphatic rings. The smallest absolute Gasteiger partial charge is 0.287 e. The minimum atomic E-state index is -4.06. The zero-order valence-electron chi connectivity index (χ0n) is 11.9. The second-order valence-corrected chi connectivity index (χ2v) is 6.92. The van der Waals surface area contributed by atoms with Crippen LogP contribution in [-0.4, -0.2) is 25.4 Å². The van der Waals surface area contributed by atoms with E-state index < -0.39 is 15.9 Å². The van der Waals surface area contributed by atoms with E-state index in [-0.39, 0.29) is 32.9 Å². The fraction of sp³-hybridized carbons (Fsp3) is 0. The van der Waals surface area contributed by atoms with Crippen LogP contribution in [0.5, 0.6) is 5.75 Å². The van der Waals surface area contributed by atoms with Crippen LogP contribution in [0, 0.1) is 0 Å². The van der Waals surface area contributed by atoms with E-state index >= 15 is 0 Å². The molecular formula is C14H11ClN4O4S. The Labute approximate surface area is 142 Å². The predicted octanol–water partition coefficient (Wildman–Crippen LogP) is 1.73. The zero-order chi connectivity index (χ0) is 17.5. The lowest BCUT2D eigenvalue weighted by molar-refractivity contribution is 0.100. The standard InChI is InChI=1S/C14H11ClN4O4S/c15-8-5-10(20)12-11(6-8)24(22,23)19-14(18-12)17-9-3-1-2-7(4-9)13(16)21/h1-6,20H,(H2,16,21)(H2,17,18,19). The second-order valence-electron chi connectivity index (χ2n) is 4.91. The molecule has 24 heavy (non-hydrogen) atoms. The summed E-state index contributed by atoms with van der Waals surface area (Å²) in [4.78, 5) is 11.0. The Kier molecular flexibility index (Phi) is 3.82. The van der Waals surface area contributed by atoms with E-state index in [0.29, 0.717) is 5.69 Å². The molecule has 124 valence electrons. The normalized spacial score (nSPS) is 15.0. The molecule has 10 heteroatoms. The van der Waals surface area contributed by atoms with Crippen molar-refractivity contribution < 1.29 is 18.3 Å². The van der Waals surface area contributed by atoms with Crippen molar-refractivity contribution in [3.05, 3.63) is 47.0 Å². The number of guanidine groups is 1. The van der Waals surface area contributed by atoms with Crippen LogP contribution in [-0.2, 0) is 10.0 Å². The Morgan fingerprint density at radius 3 is 2.75 bits per heavy atom. The van der Waals surface area contributed by atoms with Crippen molar-refractivity contribution in [1.82, 2.24) is 0 Å². The number of phenols is 1. The van der Waals surface area contributed by atoms with Gasteiger partial charge in [-0.15, -0.1) is 4.40 Å². The van der Waals surface area contributed by atoms with Gasteiger partial charge in [-0.3, -0.25) is 4.79 Å². The van der Waals surface area contributed by atoms with Crippen LogP contribution in [0.2, 0.25) is 5.02 Å². The Morgan fingerprint density at radius 2 is 2.04 bits per heavy atom. The van der Waals surface area contributed by atoms with Crippen molar-refractivity contribution in [2.45, 2.75) is 4.90 Å². The van der Waals surface area contributed by atoms with E-state index in [2.05, 4.69) is 15.0 Å². The van der Waals surface area contributed by atoms with Gasteiger partial charge in [0.2, 0.25) is 11.9 Å². The summed E-state index contributed by atoms with van der Waals surface area (Å²) >= 11 is 5.76. The molecule has 0 bridgehead atoms. The minimum absolute atomic E-state index is 0.0389. The molecule has 8 nitrogen and oxygen atoms in total. The summed E-state index contributed by atoms with van der Waals surface area (Å²) in [6.45, 7) is 0. The molecule has 0 atom stereocenters. The maximum absolute atomic E-state index is 12.2. The molecule has 1 heterocycles. The summed E-state index contributed by atoms with van der Waals surface area (Å²) in [5, 5.41) is 15.4. The third-order valence-corrected chi connectivity index (χ3v) is 4.71. The number of nitrogens with two attached hydrogens (primary N) is 1. The van der Waals surface area contributed by atoms with Crippen molar-refractivity contribution >= 4 is 44.9 Å². The lowest BCUT2D eigenvalue weighted by atomic mass is 10.2. The molecule has 1 aliphatic heterocycles. The number of sulfonamides is 1. The van der Waals surface area contributed by atoms with Crippen molar-refractivity contribution in [3.8, 4) is 5.75 Å². The maximum Gasteiger partial charge on any atom is 0.287 e. The minimum Gasteiger partial charge on any atom is -0.506 e. The van der Waals surface area contributed by atoms with Gasteiger partial charge in [-0.25, -0.2) is 0 Å². The average molecular weight is 367 g/mol. The monoisotopic (exact) mass is 366 g/mol. The van der Waals surface area contributed by atoms with E-state index in [4.69, 9.17) is 17.3 Å². The third-order valence-electron chi connectivity index (χ3n) is 3.19. The van der Waals surface area contributed by atoms with Gasteiger partial charge in [0.15, 0.2) is 0 Å². The van der Waals surface area contributed by atoms with Gasteiger partial charge in [0.05, 0.1) is 0 Å². The van der Waals surface area contributed by atoms with Gasteiger partial charge in [-0.2, -0.15) is 8.42 Å². The number of carbonyl (C=O) groups is 1. The molecule has 0 radical (unpaired) electrons. The highest BCUT2D eigenvalue weighted by atomic mass is 35.5. The molecule has 0 spiro atoms. The number of rotatable bonds is 2. The first-order chi connectivity index (χ1) is 11.3. The molecule has 2 aromatic rings. The van der Waals surface area contributed by atoms with Crippen molar-refractivity contribution in [2.75, 3.05) is 10.6 Å². The van der Waals surface area contributed by atoms with E-state index in [1.807, 2.05) is 0 Å². The quantitative estimate of drug-likeness (QED) is 0.598. The van der Waals surface area contributed by atoms with E-state index in [9.17, 15) is 18.3 Å². The summed E-state index contributed by atoms with van der Waals surface area (Å²) < 4.78 is 28.1.